The summed E-state index contributed by atoms with van der Waals surface area (Å²) in [5, 5.41) is 3.08. The SMILES string of the molecule is CC1CCCC(C(=O)N(CC(F)(F)F)C(C)C)N1. The lowest BCUT2D eigenvalue weighted by atomic mass is 9.98. The molecule has 1 N–H and O–H groups in total. The molecule has 1 aliphatic heterocycles. The van der Waals surface area contributed by atoms with E-state index >= 15 is 0 Å². The van der Waals surface area contributed by atoms with E-state index in [-0.39, 0.29) is 6.04 Å². The van der Waals surface area contributed by atoms with Crippen LogP contribution in [0, 0.1) is 0 Å². The van der Waals surface area contributed by atoms with Gasteiger partial charge >= 0.3 is 6.18 Å². The third kappa shape index (κ3) is 4.48. The maximum Gasteiger partial charge on any atom is 0.406 e. The monoisotopic (exact) mass is 266 g/mol. The molecule has 106 valence electrons. The molecule has 0 aliphatic carbocycles. The highest BCUT2D eigenvalue weighted by Gasteiger charge is 2.37. The van der Waals surface area contributed by atoms with Gasteiger partial charge in [-0.15, -0.1) is 0 Å². The van der Waals surface area contributed by atoms with Crippen LogP contribution in [-0.2, 0) is 4.79 Å². The first-order chi connectivity index (χ1) is 8.20. The highest BCUT2D eigenvalue weighted by atomic mass is 19.4. The van der Waals surface area contributed by atoms with Crippen LogP contribution in [0.25, 0.3) is 0 Å². The third-order valence-corrected chi connectivity index (χ3v) is 3.17. The number of carbonyl (C=O) groups excluding carboxylic acids is 1. The summed E-state index contributed by atoms with van der Waals surface area (Å²) in [6.07, 6.45) is -1.89. The van der Waals surface area contributed by atoms with Gasteiger partial charge in [-0.05, 0) is 40.0 Å². The molecule has 0 aromatic carbocycles. The van der Waals surface area contributed by atoms with E-state index in [0.717, 1.165) is 17.7 Å². The molecule has 0 aromatic heterocycles. The molecule has 3 nitrogen and oxygen atoms in total. The van der Waals surface area contributed by atoms with E-state index in [9.17, 15) is 18.0 Å². The summed E-state index contributed by atoms with van der Waals surface area (Å²) in [6.45, 7) is 3.99. The molecule has 6 heteroatoms. The van der Waals surface area contributed by atoms with Gasteiger partial charge in [0.15, 0.2) is 0 Å². The molecule has 0 radical (unpaired) electrons. The second-order valence-corrected chi connectivity index (χ2v) is 5.23. The van der Waals surface area contributed by atoms with E-state index in [1.54, 1.807) is 13.8 Å². The van der Waals surface area contributed by atoms with Crippen molar-refractivity contribution in [1.29, 1.82) is 0 Å². The van der Waals surface area contributed by atoms with Crippen molar-refractivity contribution >= 4 is 5.91 Å². The highest BCUT2D eigenvalue weighted by molar-refractivity contribution is 5.82. The van der Waals surface area contributed by atoms with Crippen molar-refractivity contribution in [2.24, 2.45) is 0 Å². The summed E-state index contributed by atoms with van der Waals surface area (Å²) in [7, 11) is 0. The summed E-state index contributed by atoms with van der Waals surface area (Å²) in [4.78, 5) is 13.0. The Morgan fingerprint density at radius 1 is 1.39 bits per heavy atom. The lowest BCUT2D eigenvalue weighted by molar-refractivity contribution is -0.166. The van der Waals surface area contributed by atoms with Gasteiger partial charge in [0.2, 0.25) is 5.91 Å². The van der Waals surface area contributed by atoms with Gasteiger partial charge in [0.25, 0.3) is 0 Å². The van der Waals surface area contributed by atoms with Gasteiger partial charge in [0.1, 0.15) is 6.54 Å². The molecular formula is C12H21F3N2O. The van der Waals surface area contributed by atoms with Crippen LogP contribution < -0.4 is 5.32 Å². The predicted octanol–water partition coefficient (Wildman–Crippen LogP) is 2.32. The molecule has 0 aromatic rings. The van der Waals surface area contributed by atoms with Gasteiger partial charge in [-0.1, -0.05) is 0 Å². The fourth-order valence-corrected chi connectivity index (χ4v) is 2.24. The number of hydrogen-bond acceptors (Lipinski definition) is 2. The minimum atomic E-state index is -4.35. The minimum absolute atomic E-state index is 0.188. The van der Waals surface area contributed by atoms with Crippen molar-refractivity contribution in [3.63, 3.8) is 0 Å². The number of hydrogen-bond donors (Lipinski definition) is 1. The first-order valence-electron chi connectivity index (χ1n) is 6.34. The highest BCUT2D eigenvalue weighted by Crippen LogP contribution is 2.21. The second kappa shape index (κ2) is 5.91. The largest absolute Gasteiger partial charge is 0.406 e. The maximum absolute atomic E-state index is 12.5. The zero-order valence-corrected chi connectivity index (χ0v) is 11.0. The molecule has 18 heavy (non-hydrogen) atoms. The average molecular weight is 266 g/mol. The number of amides is 1. The Balaban J connectivity index is 2.70. The van der Waals surface area contributed by atoms with Crippen molar-refractivity contribution in [2.45, 2.75) is 64.3 Å². The fourth-order valence-electron chi connectivity index (χ4n) is 2.24. The van der Waals surface area contributed by atoms with E-state index in [4.69, 9.17) is 0 Å². The standard InChI is InChI=1S/C12H21F3N2O/c1-8(2)17(7-12(13,14)15)11(18)10-6-4-5-9(3)16-10/h8-10,16H,4-7H2,1-3H3. The Hall–Kier alpha value is -0.780. The van der Waals surface area contributed by atoms with E-state index < -0.39 is 30.7 Å². The lowest BCUT2D eigenvalue weighted by Gasteiger charge is -2.35. The van der Waals surface area contributed by atoms with Crippen molar-refractivity contribution in [2.75, 3.05) is 6.54 Å². The number of halogens is 3. The molecule has 0 saturated carbocycles. The topological polar surface area (TPSA) is 32.3 Å². The lowest BCUT2D eigenvalue weighted by Crippen LogP contribution is -2.55. The van der Waals surface area contributed by atoms with Crippen molar-refractivity contribution in [3.8, 4) is 0 Å². The quantitative estimate of drug-likeness (QED) is 0.850. The molecule has 1 aliphatic rings. The van der Waals surface area contributed by atoms with Crippen LogP contribution in [0.5, 0.6) is 0 Å². The van der Waals surface area contributed by atoms with E-state index in [2.05, 4.69) is 5.32 Å². The zero-order valence-electron chi connectivity index (χ0n) is 11.0. The van der Waals surface area contributed by atoms with Crippen molar-refractivity contribution < 1.29 is 18.0 Å². The summed E-state index contributed by atoms with van der Waals surface area (Å²) in [6, 6.07) is -0.732. The van der Waals surface area contributed by atoms with Crippen LogP contribution in [0.2, 0.25) is 0 Å². The number of nitrogens with one attached hydrogen (secondary N) is 1. The summed E-state index contributed by atoms with van der Waals surface area (Å²) in [5.41, 5.74) is 0. The number of piperidine rings is 1. The van der Waals surface area contributed by atoms with Gasteiger partial charge in [-0.3, -0.25) is 4.79 Å². The van der Waals surface area contributed by atoms with Gasteiger partial charge in [-0.2, -0.15) is 13.2 Å². The molecule has 2 unspecified atom stereocenters. The van der Waals surface area contributed by atoms with E-state index in [1.165, 1.54) is 0 Å². The Kier molecular flexibility index (Phi) is 5.01. The summed E-state index contributed by atoms with van der Waals surface area (Å²) >= 11 is 0. The molecule has 0 bridgehead atoms. The third-order valence-electron chi connectivity index (χ3n) is 3.17. The van der Waals surface area contributed by atoms with Gasteiger partial charge in [0.05, 0.1) is 6.04 Å². The second-order valence-electron chi connectivity index (χ2n) is 5.23. The molecule has 1 amide bonds. The van der Waals surface area contributed by atoms with Crippen LogP contribution in [0.4, 0.5) is 13.2 Å². The number of nitrogens with zero attached hydrogens (tertiary/aromatic N) is 1. The van der Waals surface area contributed by atoms with Crippen molar-refractivity contribution in [3.05, 3.63) is 0 Å². The van der Waals surface area contributed by atoms with Crippen LogP contribution in [0.15, 0.2) is 0 Å². The van der Waals surface area contributed by atoms with Crippen LogP contribution in [-0.4, -0.2) is 41.7 Å². The van der Waals surface area contributed by atoms with E-state index in [1.807, 2.05) is 6.92 Å². The Bertz CT molecular complexity index is 292. The predicted molar refractivity (Wildman–Crippen MR) is 63.1 cm³/mol. The Morgan fingerprint density at radius 3 is 2.44 bits per heavy atom. The number of alkyl halides is 3. The van der Waals surface area contributed by atoms with Crippen LogP contribution in [0.1, 0.15) is 40.0 Å². The van der Waals surface area contributed by atoms with E-state index in [0.29, 0.717) is 6.42 Å². The molecule has 2 atom stereocenters. The smallest absolute Gasteiger partial charge is 0.330 e. The molecule has 1 rings (SSSR count). The van der Waals surface area contributed by atoms with Gasteiger partial charge in [-0.25, -0.2) is 0 Å². The number of carbonyl (C=O) groups is 1. The maximum atomic E-state index is 12.5. The van der Waals surface area contributed by atoms with Crippen molar-refractivity contribution in [1.82, 2.24) is 10.2 Å². The molecule has 1 heterocycles. The summed E-state index contributed by atoms with van der Waals surface area (Å²) in [5.74, 6) is -0.436. The molecular weight excluding hydrogens is 245 g/mol. The van der Waals surface area contributed by atoms with Gasteiger partial charge in [0, 0.05) is 12.1 Å². The minimum Gasteiger partial charge on any atom is -0.330 e. The normalized spacial score (nSPS) is 25.3. The number of rotatable bonds is 3. The zero-order chi connectivity index (χ0) is 13.9. The Morgan fingerprint density at radius 2 is 2.00 bits per heavy atom. The first kappa shape index (κ1) is 15.3. The first-order valence-corrected chi connectivity index (χ1v) is 6.34. The fraction of sp³-hybridized carbons (Fsp3) is 0.917. The van der Waals surface area contributed by atoms with Crippen LogP contribution in [0.3, 0.4) is 0 Å². The van der Waals surface area contributed by atoms with Gasteiger partial charge < -0.3 is 10.2 Å². The average Bonchev–Trinajstić information content (AvgIpc) is 2.23. The van der Waals surface area contributed by atoms with Crippen LogP contribution >= 0.6 is 0 Å². The molecule has 1 saturated heterocycles. The molecule has 0 spiro atoms. The Labute approximate surface area is 106 Å². The molecule has 1 fully saturated rings. The summed E-state index contributed by atoms with van der Waals surface area (Å²) < 4.78 is 37.4.